The summed E-state index contributed by atoms with van der Waals surface area (Å²) in [6.45, 7) is 8.18. The van der Waals surface area contributed by atoms with Crippen LogP contribution in [0.1, 0.15) is 53.4 Å². The van der Waals surface area contributed by atoms with Crippen molar-refractivity contribution in [2.45, 2.75) is 59.4 Å². The molecule has 0 aromatic rings. The zero-order chi connectivity index (χ0) is 12.6. The quantitative estimate of drug-likeness (QED) is 0.648. The molecule has 0 unspecified atom stereocenters. The lowest BCUT2D eigenvalue weighted by Crippen LogP contribution is -2.39. The minimum Gasteiger partial charge on any atom is -0.346 e. The van der Waals surface area contributed by atoms with Gasteiger partial charge in [0.05, 0.1) is 6.04 Å². The van der Waals surface area contributed by atoms with Crippen LogP contribution in [-0.4, -0.2) is 18.2 Å². The SMILES string of the molecule is CCCC[C@H](C=O)NC(=O)[C@H](C)CC(C)C. The summed E-state index contributed by atoms with van der Waals surface area (Å²) >= 11 is 0. The third-order valence-electron chi connectivity index (χ3n) is 2.63. The molecule has 2 atom stereocenters. The van der Waals surface area contributed by atoms with Gasteiger partial charge in [-0.1, -0.05) is 40.5 Å². The molecule has 0 aromatic carbocycles. The van der Waals surface area contributed by atoms with E-state index in [1.165, 1.54) is 0 Å². The molecule has 0 spiro atoms. The lowest BCUT2D eigenvalue weighted by Gasteiger charge is -2.17. The van der Waals surface area contributed by atoms with Crippen molar-refractivity contribution in [3.63, 3.8) is 0 Å². The van der Waals surface area contributed by atoms with Crippen LogP contribution in [0.5, 0.6) is 0 Å². The first-order valence-electron chi connectivity index (χ1n) is 6.26. The van der Waals surface area contributed by atoms with Crippen LogP contribution in [0.2, 0.25) is 0 Å². The van der Waals surface area contributed by atoms with Gasteiger partial charge in [-0.05, 0) is 18.8 Å². The van der Waals surface area contributed by atoms with Crippen LogP contribution < -0.4 is 5.32 Å². The Morgan fingerprint density at radius 1 is 1.31 bits per heavy atom. The van der Waals surface area contributed by atoms with Gasteiger partial charge in [0.25, 0.3) is 0 Å². The first-order chi connectivity index (χ1) is 7.51. The second-order valence-corrected chi connectivity index (χ2v) is 4.92. The summed E-state index contributed by atoms with van der Waals surface area (Å²) in [5.74, 6) is 0.497. The van der Waals surface area contributed by atoms with Crippen molar-refractivity contribution < 1.29 is 9.59 Å². The van der Waals surface area contributed by atoms with Crippen LogP contribution >= 0.6 is 0 Å². The summed E-state index contributed by atoms with van der Waals surface area (Å²) in [5.41, 5.74) is 0. The monoisotopic (exact) mass is 227 g/mol. The highest BCUT2D eigenvalue weighted by atomic mass is 16.2. The van der Waals surface area contributed by atoms with E-state index in [0.29, 0.717) is 5.92 Å². The van der Waals surface area contributed by atoms with E-state index in [0.717, 1.165) is 32.0 Å². The van der Waals surface area contributed by atoms with Crippen molar-refractivity contribution in [1.82, 2.24) is 5.32 Å². The molecule has 0 bridgehead atoms. The van der Waals surface area contributed by atoms with E-state index in [1.54, 1.807) is 0 Å². The van der Waals surface area contributed by atoms with Gasteiger partial charge in [0, 0.05) is 5.92 Å². The molecule has 0 fully saturated rings. The smallest absolute Gasteiger partial charge is 0.223 e. The van der Waals surface area contributed by atoms with Gasteiger partial charge in [0.15, 0.2) is 0 Å². The maximum Gasteiger partial charge on any atom is 0.223 e. The normalized spacial score (nSPS) is 14.6. The Balaban J connectivity index is 4.03. The van der Waals surface area contributed by atoms with E-state index in [1.807, 2.05) is 6.92 Å². The van der Waals surface area contributed by atoms with Crippen molar-refractivity contribution in [2.75, 3.05) is 0 Å². The van der Waals surface area contributed by atoms with Gasteiger partial charge >= 0.3 is 0 Å². The molecule has 0 aliphatic rings. The number of hydrogen-bond donors (Lipinski definition) is 1. The van der Waals surface area contributed by atoms with Gasteiger partial charge in [0.1, 0.15) is 6.29 Å². The molecule has 0 aliphatic carbocycles. The maximum absolute atomic E-state index is 11.7. The molecule has 0 rings (SSSR count). The standard InChI is InChI=1S/C13H25NO2/c1-5-6-7-12(9-15)14-13(16)11(4)8-10(2)3/h9-12H,5-8H2,1-4H3,(H,14,16)/t11-,12-/m1/s1. The molecule has 0 heterocycles. The summed E-state index contributed by atoms with van der Waals surface area (Å²) in [7, 11) is 0. The minimum atomic E-state index is -0.304. The molecule has 1 N–H and O–H groups in total. The Morgan fingerprint density at radius 2 is 1.94 bits per heavy atom. The number of rotatable bonds is 8. The summed E-state index contributed by atoms with van der Waals surface area (Å²) in [5, 5.41) is 2.80. The van der Waals surface area contributed by atoms with Crippen LogP contribution in [0.4, 0.5) is 0 Å². The van der Waals surface area contributed by atoms with E-state index < -0.39 is 0 Å². The van der Waals surface area contributed by atoms with Crippen LogP contribution in [0.3, 0.4) is 0 Å². The average Bonchev–Trinajstić information content (AvgIpc) is 2.22. The Hall–Kier alpha value is -0.860. The van der Waals surface area contributed by atoms with Crippen molar-refractivity contribution in [3.8, 4) is 0 Å². The van der Waals surface area contributed by atoms with E-state index in [9.17, 15) is 9.59 Å². The maximum atomic E-state index is 11.7. The van der Waals surface area contributed by atoms with Gasteiger partial charge < -0.3 is 10.1 Å². The molecule has 3 nitrogen and oxygen atoms in total. The van der Waals surface area contributed by atoms with Crippen molar-refractivity contribution >= 4 is 12.2 Å². The molecule has 0 aromatic heterocycles. The van der Waals surface area contributed by atoms with Gasteiger partial charge in [0.2, 0.25) is 5.91 Å². The Bertz CT molecular complexity index is 214. The summed E-state index contributed by atoms with van der Waals surface area (Å²) in [6, 6.07) is -0.304. The average molecular weight is 227 g/mol. The minimum absolute atomic E-state index is 0.00176. The first kappa shape index (κ1) is 15.1. The van der Waals surface area contributed by atoms with Crippen LogP contribution in [-0.2, 0) is 9.59 Å². The Kier molecular flexibility index (Phi) is 7.86. The van der Waals surface area contributed by atoms with Crippen LogP contribution in [0, 0.1) is 11.8 Å². The fraction of sp³-hybridized carbons (Fsp3) is 0.846. The fourth-order valence-corrected chi connectivity index (χ4v) is 1.74. The summed E-state index contributed by atoms with van der Waals surface area (Å²) in [4.78, 5) is 22.5. The first-order valence-corrected chi connectivity index (χ1v) is 6.26. The van der Waals surface area contributed by atoms with Gasteiger partial charge in [-0.25, -0.2) is 0 Å². The molecular weight excluding hydrogens is 202 g/mol. The summed E-state index contributed by atoms with van der Waals surface area (Å²) < 4.78 is 0. The topological polar surface area (TPSA) is 46.2 Å². The van der Waals surface area contributed by atoms with Gasteiger partial charge in [-0.15, -0.1) is 0 Å². The highest BCUT2D eigenvalue weighted by Gasteiger charge is 2.17. The highest BCUT2D eigenvalue weighted by molar-refractivity contribution is 5.81. The van der Waals surface area contributed by atoms with Crippen LogP contribution in [0.25, 0.3) is 0 Å². The Labute approximate surface area is 99.0 Å². The lowest BCUT2D eigenvalue weighted by atomic mass is 9.97. The van der Waals surface area contributed by atoms with E-state index in [2.05, 4.69) is 26.1 Å². The highest BCUT2D eigenvalue weighted by Crippen LogP contribution is 2.11. The van der Waals surface area contributed by atoms with E-state index in [4.69, 9.17) is 0 Å². The molecule has 0 saturated heterocycles. The number of nitrogens with one attached hydrogen (secondary N) is 1. The Morgan fingerprint density at radius 3 is 2.38 bits per heavy atom. The molecule has 1 amide bonds. The molecule has 0 aliphatic heterocycles. The second kappa shape index (κ2) is 8.31. The van der Waals surface area contributed by atoms with Crippen molar-refractivity contribution in [3.05, 3.63) is 0 Å². The molecule has 94 valence electrons. The molecule has 0 saturated carbocycles. The molecule has 3 heteroatoms. The molecule has 0 radical (unpaired) electrons. The van der Waals surface area contributed by atoms with Crippen molar-refractivity contribution in [1.29, 1.82) is 0 Å². The number of amides is 1. The zero-order valence-electron chi connectivity index (χ0n) is 11.0. The number of hydrogen-bond acceptors (Lipinski definition) is 2. The third kappa shape index (κ3) is 6.59. The largest absolute Gasteiger partial charge is 0.346 e. The second-order valence-electron chi connectivity index (χ2n) is 4.92. The number of unbranched alkanes of at least 4 members (excludes halogenated alkanes) is 1. The molecular formula is C13H25NO2. The lowest BCUT2D eigenvalue weighted by molar-refractivity contribution is -0.127. The number of carbonyl (C=O) groups excluding carboxylic acids is 2. The predicted octanol–water partition coefficient (Wildman–Crippen LogP) is 2.54. The zero-order valence-corrected chi connectivity index (χ0v) is 11.0. The van der Waals surface area contributed by atoms with Gasteiger partial charge in [-0.2, -0.15) is 0 Å². The van der Waals surface area contributed by atoms with E-state index in [-0.39, 0.29) is 17.9 Å². The molecule has 16 heavy (non-hydrogen) atoms. The predicted molar refractivity (Wildman–Crippen MR) is 66.1 cm³/mol. The number of carbonyl (C=O) groups is 2. The van der Waals surface area contributed by atoms with Crippen LogP contribution in [0.15, 0.2) is 0 Å². The summed E-state index contributed by atoms with van der Waals surface area (Å²) in [6.07, 6.45) is 4.48. The van der Waals surface area contributed by atoms with Crippen molar-refractivity contribution in [2.24, 2.45) is 11.8 Å². The number of aldehydes is 1. The van der Waals surface area contributed by atoms with Gasteiger partial charge in [-0.3, -0.25) is 4.79 Å². The third-order valence-corrected chi connectivity index (χ3v) is 2.63. The fourth-order valence-electron chi connectivity index (χ4n) is 1.74. The van der Waals surface area contributed by atoms with E-state index >= 15 is 0 Å².